The fraction of sp³-hybridized carbons (Fsp3) is 0.125. The van der Waals surface area contributed by atoms with Gasteiger partial charge < -0.3 is 20.4 Å². The first-order chi connectivity index (χ1) is 10.6. The molecule has 0 saturated heterocycles. The van der Waals surface area contributed by atoms with E-state index < -0.39 is 0 Å². The van der Waals surface area contributed by atoms with Crippen molar-refractivity contribution in [2.45, 2.75) is 6.92 Å². The van der Waals surface area contributed by atoms with Crippen LogP contribution in [0.2, 0.25) is 0 Å². The van der Waals surface area contributed by atoms with Crippen molar-refractivity contribution < 1.29 is 4.74 Å². The minimum absolute atomic E-state index is 0.449. The summed E-state index contributed by atoms with van der Waals surface area (Å²) >= 11 is 0. The van der Waals surface area contributed by atoms with E-state index in [1.54, 1.807) is 7.11 Å². The number of methoxy groups -OCH3 is 1. The van der Waals surface area contributed by atoms with Gasteiger partial charge in [0.2, 0.25) is 0 Å². The molecule has 22 heavy (non-hydrogen) atoms. The maximum Gasteiger partial charge on any atom is 0.180 e. The second-order valence-corrected chi connectivity index (χ2v) is 5.25. The molecule has 110 valence electrons. The first-order valence-electron chi connectivity index (χ1n) is 6.94. The number of aromatic amines is 2. The molecule has 0 saturated carbocycles. The zero-order valence-corrected chi connectivity index (χ0v) is 12.3. The molecule has 1 aromatic carbocycles. The van der Waals surface area contributed by atoms with Crippen molar-refractivity contribution in [3.8, 4) is 17.0 Å². The van der Waals surface area contributed by atoms with Crippen molar-refractivity contribution in [3.63, 3.8) is 0 Å². The lowest BCUT2D eigenvalue weighted by atomic mass is 10.1. The van der Waals surface area contributed by atoms with Crippen molar-refractivity contribution in [1.82, 2.24) is 19.9 Å². The maximum absolute atomic E-state index is 5.91. The number of ether oxygens (including phenoxy) is 1. The quantitative estimate of drug-likeness (QED) is 0.529. The molecule has 3 heterocycles. The standard InChI is InChI=1S/C16H15N5O/c1-8-18-15-11(7-14(17)21-16(15)19-8)13-5-9-3-4-10(22-2)6-12(9)20-13/h3-7,20H,1-2H3,(H3,17,18,19,21). The van der Waals surface area contributed by atoms with Gasteiger partial charge in [0.25, 0.3) is 0 Å². The summed E-state index contributed by atoms with van der Waals surface area (Å²) < 4.78 is 5.26. The number of nitrogens with one attached hydrogen (secondary N) is 2. The fourth-order valence-electron chi connectivity index (χ4n) is 2.71. The third-order valence-corrected chi connectivity index (χ3v) is 3.72. The molecule has 0 unspecified atom stereocenters. The van der Waals surface area contributed by atoms with Gasteiger partial charge in [-0.3, -0.25) is 0 Å². The van der Waals surface area contributed by atoms with E-state index >= 15 is 0 Å². The number of H-pyrrole nitrogens is 2. The summed E-state index contributed by atoms with van der Waals surface area (Å²) in [4.78, 5) is 15.3. The molecule has 0 fully saturated rings. The van der Waals surface area contributed by atoms with E-state index in [0.29, 0.717) is 11.5 Å². The van der Waals surface area contributed by atoms with Gasteiger partial charge in [-0.2, -0.15) is 0 Å². The molecule has 0 aliphatic rings. The summed E-state index contributed by atoms with van der Waals surface area (Å²) in [5.74, 6) is 2.08. The maximum atomic E-state index is 5.91. The van der Waals surface area contributed by atoms with Gasteiger partial charge in [-0.1, -0.05) is 0 Å². The van der Waals surface area contributed by atoms with Gasteiger partial charge in [0, 0.05) is 28.2 Å². The van der Waals surface area contributed by atoms with Crippen LogP contribution in [-0.4, -0.2) is 27.0 Å². The van der Waals surface area contributed by atoms with Crippen LogP contribution in [-0.2, 0) is 0 Å². The number of pyridine rings is 1. The number of imidazole rings is 1. The first kappa shape index (κ1) is 12.7. The number of hydrogen-bond donors (Lipinski definition) is 3. The zero-order chi connectivity index (χ0) is 15.3. The number of rotatable bonds is 2. The first-order valence-corrected chi connectivity index (χ1v) is 6.94. The van der Waals surface area contributed by atoms with E-state index in [4.69, 9.17) is 10.5 Å². The second-order valence-electron chi connectivity index (χ2n) is 5.25. The van der Waals surface area contributed by atoms with Crippen LogP contribution in [0.4, 0.5) is 5.82 Å². The van der Waals surface area contributed by atoms with Crippen LogP contribution in [0.15, 0.2) is 30.3 Å². The Balaban J connectivity index is 1.98. The van der Waals surface area contributed by atoms with Crippen LogP contribution in [0.3, 0.4) is 0 Å². The van der Waals surface area contributed by atoms with Crippen LogP contribution in [0, 0.1) is 6.92 Å². The molecule has 0 radical (unpaired) electrons. The predicted octanol–water partition coefficient (Wildman–Crippen LogP) is 3.01. The highest BCUT2D eigenvalue weighted by molar-refractivity contribution is 5.95. The van der Waals surface area contributed by atoms with E-state index in [1.165, 1.54) is 0 Å². The van der Waals surface area contributed by atoms with Gasteiger partial charge in [-0.15, -0.1) is 0 Å². The number of anilines is 1. The normalized spacial score (nSPS) is 11.4. The largest absolute Gasteiger partial charge is 0.497 e. The molecule has 0 aliphatic carbocycles. The Kier molecular flexibility index (Phi) is 2.59. The van der Waals surface area contributed by atoms with Crippen molar-refractivity contribution in [3.05, 3.63) is 36.2 Å². The molecule has 0 atom stereocenters. The van der Waals surface area contributed by atoms with Crippen molar-refractivity contribution in [1.29, 1.82) is 0 Å². The summed E-state index contributed by atoms with van der Waals surface area (Å²) in [6.07, 6.45) is 0. The van der Waals surface area contributed by atoms with E-state index in [-0.39, 0.29) is 0 Å². The van der Waals surface area contributed by atoms with Gasteiger partial charge >= 0.3 is 0 Å². The third kappa shape index (κ3) is 1.88. The Morgan fingerprint density at radius 3 is 2.77 bits per heavy atom. The molecule has 0 bridgehead atoms. The molecule has 0 aliphatic heterocycles. The number of nitrogens with zero attached hydrogens (tertiary/aromatic N) is 2. The number of fused-ring (bicyclic) bond motifs is 2. The number of hydrogen-bond acceptors (Lipinski definition) is 4. The van der Waals surface area contributed by atoms with Crippen LogP contribution in [0.1, 0.15) is 5.82 Å². The Hall–Kier alpha value is -3.02. The molecule has 0 spiro atoms. The molecule has 6 nitrogen and oxygen atoms in total. The summed E-state index contributed by atoms with van der Waals surface area (Å²) in [5.41, 5.74) is 10.3. The van der Waals surface area contributed by atoms with E-state index in [1.807, 2.05) is 31.2 Å². The van der Waals surface area contributed by atoms with Gasteiger partial charge in [-0.25, -0.2) is 9.97 Å². The molecule has 6 heteroatoms. The summed E-state index contributed by atoms with van der Waals surface area (Å²) in [6, 6.07) is 9.87. The van der Waals surface area contributed by atoms with Crippen LogP contribution < -0.4 is 10.5 Å². The van der Waals surface area contributed by atoms with Crippen molar-refractivity contribution in [2.75, 3.05) is 12.8 Å². The van der Waals surface area contributed by atoms with Crippen molar-refractivity contribution in [2.24, 2.45) is 0 Å². The summed E-state index contributed by atoms with van der Waals surface area (Å²) in [6.45, 7) is 1.90. The monoisotopic (exact) mass is 293 g/mol. The molecular formula is C16H15N5O. The Bertz CT molecular complexity index is 999. The highest BCUT2D eigenvalue weighted by Crippen LogP contribution is 2.31. The minimum atomic E-state index is 0.449. The number of nitrogen functional groups attached to an aromatic ring is 1. The smallest absolute Gasteiger partial charge is 0.180 e. The van der Waals surface area contributed by atoms with Crippen molar-refractivity contribution >= 4 is 27.9 Å². The molecule has 4 rings (SSSR count). The van der Waals surface area contributed by atoms with E-state index in [9.17, 15) is 0 Å². The number of aryl methyl sites for hydroxylation is 1. The van der Waals surface area contributed by atoms with E-state index in [0.717, 1.165) is 39.3 Å². The number of benzene rings is 1. The second kappa shape index (κ2) is 4.49. The summed E-state index contributed by atoms with van der Waals surface area (Å²) in [5, 5.41) is 1.11. The van der Waals surface area contributed by atoms with Crippen LogP contribution >= 0.6 is 0 Å². The lowest BCUT2D eigenvalue weighted by molar-refractivity contribution is 0.415. The average Bonchev–Trinajstić information content (AvgIpc) is 3.07. The van der Waals surface area contributed by atoms with Gasteiger partial charge in [0.05, 0.1) is 12.6 Å². The Morgan fingerprint density at radius 2 is 1.95 bits per heavy atom. The Labute approximate surface area is 126 Å². The zero-order valence-electron chi connectivity index (χ0n) is 12.3. The van der Waals surface area contributed by atoms with Crippen LogP contribution in [0.5, 0.6) is 5.75 Å². The summed E-state index contributed by atoms with van der Waals surface area (Å²) in [7, 11) is 1.66. The topological polar surface area (TPSA) is 92.6 Å². The fourth-order valence-corrected chi connectivity index (χ4v) is 2.71. The molecule has 4 aromatic rings. The molecular weight excluding hydrogens is 278 g/mol. The highest BCUT2D eigenvalue weighted by Gasteiger charge is 2.12. The SMILES string of the molecule is COc1ccc2cc(-c3cc(N)nc4nc(C)[nH]c34)[nH]c2c1. The molecule has 0 amide bonds. The van der Waals surface area contributed by atoms with Gasteiger partial charge in [-0.05, 0) is 31.2 Å². The van der Waals surface area contributed by atoms with E-state index in [2.05, 4.69) is 26.0 Å². The third-order valence-electron chi connectivity index (χ3n) is 3.72. The lowest BCUT2D eigenvalue weighted by Crippen LogP contribution is -1.92. The number of nitrogens with two attached hydrogens (primary N) is 1. The molecule has 3 aromatic heterocycles. The minimum Gasteiger partial charge on any atom is -0.497 e. The number of aromatic nitrogens is 4. The average molecular weight is 293 g/mol. The highest BCUT2D eigenvalue weighted by atomic mass is 16.5. The van der Waals surface area contributed by atoms with Gasteiger partial charge in [0.15, 0.2) is 5.65 Å². The molecule has 4 N–H and O–H groups in total. The lowest BCUT2D eigenvalue weighted by Gasteiger charge is -2.01. The predicted molar refractivity (Wildman–Crippen MR) is 86.9 cm³/mol. The van der Waals surface area contributed by atoms with Gasteiger partial charge in [0.1, 0.15) is 17.4 Å². The Morgan fingerprint density at radius 1 is 1.09 bits per heavy atom. The van der Waals surface area contributed by atoms with Crippen LogP contribution in [0.25, 0.3) is 33.3 Å².